The minimum atomic E-state index is -0.273. The van der Waals surface area contributed by atoms with Gasteiger partial charge in [0.05, 0.1) is 13.1 Å². The van der Waals surface area contributed by atoms with Crippen LogP contribution in [0.3, 0.4) is 0 Å². The first-order valence-electron chi connectivity index (χ1n) is 9.91. The Labute approximate surface area is 171 Å². The van der Waals surface area contributed by atoms with Crippen LogP contribution >= 0.6 is 0 Å². The molecule has 1 aromatic heterocycles. The third-order valence-corrected chi connectivity index (χ3v) is 5.18. The third kappa shape index (κ3) is 5.32. The summed E-state index contributed by atoms with van der Waals surface area (Å²) >= 11 is 0. The molecular formula is C22H28N4O3. The number of likely N-dealkylation sites (N-methyl/N-ethyl adjacent to an activating group) is 1. The molecule has 154 valence electrons. The van der Waals surface area contributed by atoms with Crippen LogP contribution in [-0.2, 0) is 11.3 Å². The van der Waals surface area contributed by atoms with Gasteiger partial charge in [0.1, 0.15) is 5.56 Å². The van der Waals surface area contributed by atoms with Crippen LogP contribution in [0.5, 0.6) is 0 Å². The Bertz CT molecular complexity index is 908. The maximum atomic E-state index is 13.0. The molecule has 1 saturated heterocycles. The molecule has 0 saturated carbocycles. The van der Waals surface area contributed by atoms with E-state index in [-0.39, 0.29) is 22.9 Å². The van der Waals surface area contributed by atoms with Crippen molar-refractivity contribution in [2.45, 2.75) is 13.0 Å². The van der Waals surface area contributed by atoms with Gasteiger partial charge in [-0.2, -0.15) is 0 Å². The summed E-state index contributed by atoms with van der Waals surface area (Å²) in [6.45, 7) is 3.25. The molecule has 2 amide bonds. The predicted molar refractivity (Wildman–Crippen MR) is 112 cm³/mol. The summed E-state index contributed by atoms with van der Waals surface area (Å²) in [4.78, 5) is 43.2. The Balaban J connectivity index is 1.69. The zero-order valence-corrected chi connectivity index (χ0v) is 17.1. The van der Waals surface area contributed by atoms with Gasteiger partial charge in [0.2, 0.25) is 5.91 Å². The van der Waals surface area contributed by atoms with Crippen molar-refractivity contribution < 1.29 is 9.59 Å². The van der Waals surface area contributed by atoms with Crippen LogP contribution in [0.25, 0.3) is 0 Å². The third-order valence-electron chi connectivity index (χ3n) is 5.18. The first-order valence-corrected chi connectivity index (χ1v) is 9.91. The van der Waals surface area contributed by atoms with Gasteiger partial charge in [0, 0.05) is 46.5 Å². The van der Waals surface area contributed by atoms with Crippen LogP contribution in [0.4, 0.5) is 0 Å². The van der Waals surface area contributed by atoms with E-state index in [0.29, 0.717) is 32.7 Å². The number of hydrogen-bond acceptors (Lipinski definition) is 4. The van der Waals surface area contributed by atoms with Crippen molar-refractivity contribution in [2.24, 2.45) is 0 Å². The van der Waals surface area contributed by atoms with Crippen molar-refractivity contribution in [3.8, 4) is 0 Å². The van der Waals surface area contributed by atoms with Gasteiger partial charge >= 0.3 is 0 Å². The van der Waals surface area contributed by atoms with E-state index in [9.17, 15) is 14.4 Å². The lowest BCUT2D eigenvalue weighted by molar-refractivity contribution is -0.129. The topological polar surface area (TPSA) is 65.9 Å². The summed E-state index contributed by atoms with van der Waals surface area (Å²) in [5.41, 5.74) is 0.932. The lowest BCUT2D eigenvalue weighted by atomic mass is 10.2. The molecule has 0 aliphatic carbocycles. The molecular weight excluding hydrogens is 368 g/mol. The molecule has 0 spiro atoms. The Morgan fingerprint density at radius 2 is 1.72 bits per heavy atom. The molecule has 0 radical (unpaired) electrons. The number of aromatic nitrogens is 1. The van der Waals surface area contributed by atoms with Gasteiger partial charge in [-0.3, -0.25) is 19.3 Å². The molecule has 3 rings (SSSR count). The molecule has 7 nitrogen and oxygen atoms in total. The van der Waals surface area contributed by atoms with E-state index >= 15 is 0 Å². The number of hydrogen-bond donors (Lipinski definition) is 0. The molecule has 0 unspecified atom stereocenters. The number of nitrogens with zero attached hydrogens (tertiary/aromatic N) is 4. The first-order chi connectivity index (χ1) is 14.0. The summed E-state index contributed by atoms with van der Waals surface area (Å²) in [5, 5.41) is 0. The van der Waals surface area contributed by atoms with Crippen LogP contribution in [-0.4, -0.2) is 77.9 Å². The molecule has 1 aliphatic heterocycles. The van der Waals surface area contributed by atoms with E-state index in [0.717, 1.165) is 18.5 Å². The van der Waals surface area contributed by atoms with Crippen LogP contribution < -0.4 is 5.56 Å². The number of pyridine rings is 1. The second kappa shape index (κ2) is 9.52. The van der Waals surface area contributed by atoms with E-state index in [1.807, 2.05) is 30.3 Å². The number of rotatable bonds is 5. The predicted octanol–water partition coefficient (Wildman–Crippen LogP) is 1.13. The Kier molecular flexibility index (Phi) is 6.82. The second-order valence-electron chi connectivity index (χ2n) is 7.55. The number of amides is 2. The molecule has 2 aromatic rings. The van der Waals surface area contributed by atoms with Crippen LogP contribution in [0.15, 0.2) is 53.5 Å². The van der Waals surface area contributed by atoms with Crippen molar-refractivity contribution in [2.75, 3.05) is 46.8 Å². The second-order valence-corrected chi connectivity index (χ2v) is 7.55. The van der Waals surface area contributed by atoms with Crippen molar-refractivity contribution in [3.63, 3.8) is 0 Å². The highest BCUT2D eigenvalue weighted by Gasteiger charge is 2.23. The summed E-state index contributed by atoms with van der Waals surface area (Å²) in [6.07, 6.45) is 2.49. The molecule has 2 heterocycles. The average molecular weight is 396 g/mol. The fraction of sp³-hybridized carbons (Fsp3) is 0.409. The standard InChI is InChI=1S/C22H28N4O3/c1-23(2)20(27)17-24-11-7-13-25(15-14-24)21(28)19-10-6-12-26(22(19)29)16-18-8-4-3-5-9-18/h3-6,8-10,12H,7,11,13-17H2,1-2H3. The lowest BCUT2D eigenvalue weighted by Gasteiger charge is -2.22. The minimum Gasteiger partial charge on any atom is -0.348 e. The van der Waals surface area contributed by atoms with Gasteiger partial charge in [0.15, 0.2) is 0 Å². The van der Waals surface area contributed by atoms with Gasteiger partial charge in [0.25, 0.3) is 11.5 Å². The van der Waals surface area contributed by atoms with Crippen LogP contribution in [0, 0.1) is 0 Å². The number of benzene rings is 1. The minimum absolute atomic E-state index is 0.0524. The summed E-state index contributed by atoms with van der Waals surface area (Å²) in [7, 11) is 3.48. The normalized spacial score (nSPS) is 15.0. The highest BCUT2D eigenvalue weighted by molar-refractivity contribution is 5.93. The maximum absolute atomic E-state index is 13.0. The Hall–Kier alpha value is -2.93. The molecule has 29 heavy (non-hydrogen) atoms. The quantitative estimate of drug-likeness (QED) is 0.760. The molecule has 1 fully saturated rings. The van der Waals surface area contributed by atoms with E-state index < -0.39 is 0 Å². The zero-order chi connectivity index (χ0) is 20.8. The molecule has 0 atom stereocenters. The number of carbonyl (C=O) groups is 2. The lowest BCUT2D eigenvalue weighted by Crippen LogP contribution is -2.41. The van der Waals surface area contributed by atoms with E-state index in [2.05, 4.69) is 4.90 Å². The van der Waals surface area contributed by atoms with E-state index in [1.54, 1.807) is 46.8 Å². The fourth-order valence-electron chi connectivity index (χ4n) is 3.44. The van der Waals surface area contributed by atoms with Crippen LogP contribution in [0.1, 0.15) is 22.3 Å². The van der Waals surface area contributed by atoms with Gasteiger partial charge in [-0.25, -0.2) is 0 Å². The first kappa shape index (κ1) is 20.8. The number of carbonyl (C=O) groups excluding carboxylic acids is 2. The maximum Gasteiger partial charge on any atom is 0.263 e. The van der Waals surface area contributed by atoms with Crippen molar-refractivity contribution >= 4 is 11.8 Å². The summed E-state index contributed by atoms with van der Waals surface area (Å²) in [6, 6.07) is 13.1. The van der Waals surface area contributed by atoms with Gasteiger partial charge in [-0.05, 0) is 24.1 Å². The molecule has 1 aliphatic rings. The fourth-order valence-corrected chi connectivity index (χ4v) is 3.44. The zero-order valence-electron chi connectivity index (χ0n) is 17.1. The molecule has 0 N–H and O–H groups in total. The summed E-state index contributed by atoms with van der Waals surface area (Å²) < 4.78 is 1.57. The molecule has 7 heteroatoms. The van der Waals surface area contributed by atoms with Gasteiger partial charge in [-0.1, -0.05) is 30.3 Å². The largest absolute Gasteiger partial charge is 0.348 e. The van der Waals surface area contributed by atoms with E-state index in [4.69, 9.17) is 0 Å². The van der Waals surface area contributed by atoms with Crippen molar-refractivity contribution in [1.29, 1.82) is 0 Å². The Morgan fingerprint density at radius 1 is 0.966 bits per heavy atom. The Morgan fingerprint density at radius 3 is 2.45 bits per heavy atom. The highest BCUT2D eigenvalue weighted by atomic mass is 16.2. The van der Waals surface area contributed by atoms with Gasteiger partial charge < -0.3 is 14.4 Å². The molecule has 0 bridgehead atoms. The average Bonchev–Trinajstić information content (AvgIpc) is 2.95. The highest BCUT2D eigenvalue weighted by Crippen LogP contribution is 2.08. The smallest absolute Gasteiger partial charge is 0.263 e. The molecule has 1 aromatic carbocycles. The van der Waals surface area contributed by atoms with Crippen molar-refractivity contribution in [1.82, 2.24) is 19.3 Å². The summed E-state index contributed by atoms with van der Waals surface area (Å²) in [5.74, 6) is -0.185. The van der Waals surface area contributed by atoms with Crippen LogP contribution in [0.2, 0.25) is 0 Å². The van der Waals surface area contributed by atoms with Crippen molar-refractivity contribution in [3.05, 3.63) is 70.1 Å². The van der Waals surface area contributed by atoms with Gasteiger partial charge in [-0.15, -0.1) is 0 Å². The van der Waals surface area contributed by atoms with E-state index in [1.165, 1.54) is 0 Å². The monoisotopic (exact) mass is 396 g/mol. The SMILES string of the molecule is CN(C)C(=O)CN1CCCN(C(=O)c2cccn(Cc3ccccc3)c2=O)CC1.